The van der Waals surface area contributed by atoms with Crippen LogP contribution in [-0.2, 0) is 6.42 Å². The van der Waals surface area contributed by atoms with Gasteiger partial charge in [0.25, 0.3) is 0 Å². The molecule has 0 amide bonds. The lowest BCUT2D eigenvalue weighted by Crippen LogP contribution is -2.42. The van der Waals surface area contributed by atoms with Gasteiger partial charge in [0.15, 0.2) is 17.5 Å². The molecule has 1 unspecified atom stereocenters. The molecule has 25 heavy (non-hydrogen) atoms. The molecule has 8 heteroatoms. The van der Waals surface area contributed by atoms with Crippen molar-refractivity contribution < 1.29 is 18.3 Å². The predicted molar refractivity (Wildman–Crippen MR) is 108 cm³/mol. The summed E-state index contributed by atoms with van der Waals surface area (Å²) in [6.45, 7) is 4.62. The summed E-state index contributed by atoms with van der Waals surface area (Å²) in [6.07, 6.45) is 1.61. The number of guanidine groups is 1. The van der Waals surface area contributed by atoms with Crippen LogP contribution < -0.4 is 20.1 Å². The van der Waals surface area contributed by atoms with E-state index in [1.807, 2.05) is 13.0 Å². The molecular weight excluding hydrogens is 443 g/mol. The third kappa shape index (κ3) is 9.08. The standard InChI is InChI=1S/C17H27F2N3O2.HI/c1-5-12(3)22-17(20-6-2)21-10-9-13-7-8-14(23-4)15(11-13)24-16(18)19;/h7-8,11-12,16H,5-6,9-10H2,1-4H3,(H2,20,21,22);1H. The number of aliphatic imine (C=N–C) groups is 1. The maximum Gasteiger partial charge on any atom is 0.387 e. The van der Waals surface area contributed by atoms with Crippen molar-refractivity contribution >= 4 is 29.9 Å². The molecule has 0 radical (unpaired) electrons. The van der Waals surface area contributed by atoms with E-state index in [4.69, 9.17) is 4.74 Å². The van der Waals surface area contributed by atoms with Gasteiger partial charge < -0.3 is 20.1 Å². The molecule has 0 aliphatic rings. The van der Waals surface area contributed by atoms with E-state index in [0.29, 0.717) is 19.0 Å². The molecule has 0 aromatic heterocycles. The lowest BCUT2D eigenvalue weighted by atomic mass is 10.1. The van der Waals surface area contributed by atoms with Crippen molar-refractivity contribution in [1.82, 2.24) is 10.6 Å². The van der Waals surface area contributed by atoms with Crippen molar-refractivity contribution in [3.05, 3.63) is 23.8 Å². The Bertz CT molecular complexity index is 531. The van der Waals surface area contributed by atoms with Crippen LogP contribution in [0, 0.1) is 0 Å². The number of nitrogens with zero attached hydrogens (tertiary/aromatic N) is 1. The van der Waals surface area contributed by atoms with Crippen molar-refractivity contribution in [2.45, 2.75) is 46.3 Å². The number of benzene rings is 1. The number of hydrogen-bond donors (Lipinski definition) is 2. The second-order valence-electron chi connectivity index (χ2n) is 5.33. The summed E-state index contributed by atoms with van der Waals surface area (Å²) >= 11 is 0. The number of alkyl halides is 2. The third-order valence-electron chi connectivity index (χ3n) is 3.45. The molecular formula is C17H28F2IN3O2. The first-order valence-corrected chi connectivity index (χ1v) is 8.16. The SMILES string of the molecule is CCNC(=NCCc1ccc(OC)c(OC(F)F)c1)NC(C)CC.I. The van der Waals surface area contributed by atoms with E-state index in [9.17, 15) is 8.78 Å². The average molecular weight is 471 g/mol. The summed E-state index contributed by atoms with van der Waals surface area (Å²) in [5.41, 5.74) is 0.856. The monoisotopic (exact) mass is 471 g/mol. The second-order valence-corrected chi connectivity index (χ2v) is 5.33. The molecule has 1 aromatic carbocycles. The van der Waals surface area contributed by atoms with Gasteiger partial charge in [0.2, 0.25) is 0 Å². The van der Waals surface area contributed by atoms with Crippen LogP contribution in [0.5, 0.6) is 11.5 Å². The van der Waals surface area contributed by atoms with E-state index < -0.39 is 6.61 Å². The maximum absolute atomic E-state index is 12.5. The third-order valence-corrected chi connectivity index (χ3v) is 3.45. The van der Waals surface area contributed by atoms with E-state index in [1.54, 1.807) is 12.1 Å². The molecule has 144 valence electrons. The Morgan fingerprint density at radius 1 is 1.24 bits per heavy atom. The average Bonchev–Trinajstić information content (AvgIpc) is 2.54. The van der Waals surface area contributed by atoms with Gasteiger partial charge in [-0.2, -0.15) is 8.78 Å². The van der Waals surface area contributed by atoms with E-state index >= 15 is 0 Å². The maximum atomic E-state index is 12.5. The first kappa shape index (κ1) is 23.7. The molecule has 0 aliphatic heterocycles. The zero-order valence-electron chi connectivity index (χ0n) is 15.1. The van der Waals surface area contributed by atoms with Crippen LogP contribution in [-0.4, -0.2) is 38.8 Å². The molecule has 1 atom stereocenters. The zero-order chi connectivity index (χ0) is 17.9. The van der Waals surface area contributed by atoms with Crippen molar-refractivity contribution in [3.8, 4) is 11.5 Å². The molecule has 5 nitrogen and oxygen atoms in total. The van der Waals surface area contributed by atoms with Crippen LogP contribution in [0.4, 0.5) is 8.78 Å². The Balaban J connectivity index is 0.00000576. The van der Waals surface area contributed by atoms with E-state index in [2.05, 4.69) is 34.2 Å². The summed E-state index contributed by atoms with van der Waals surface area (Å²) in [5.74, 6) is 1.08. The van der Waals surface area contributed by atoms with Crippen molar-refractivity contribution in [3.63, 3.8) is 0 Å². The van der Waals surface area contributed by atoms with Gasteiger partial charge in [-0.3, -0.25) is 4.99 Å². The number of nitrogens with one attached hydrogen (secondary N) is 2. The van der Waals surface area contributed by atoms with Crippen molar-refractivity contribution in [2.24, 2.45) is 4.99 Å². The molecule has 1 rings (SSSR count). The number of halogens is 3. The molecule has 1 aromatic rings. The van der Waals surface area contributed by atoms with Crippen LogP contribution in [0.25, 0.3) is 0 Å². The van der Waals surface area contributed by atoms with Crippen molar-refractivity contribution in [1.29, 1.82) is 0 Å². The fraction of sp³-hybridized carbons (Fsp3) is 0.588. The van der Waals surface area contributed by atoms with E-state index in [1.165, 1.54) is 7.11 Å². The van der Waals surface area contributed by atoms with Gasteiger partial charge in [-0.1, -0.05) is 13.0 Å². The molecule has 0 bridgehead atoms. The Hall–Kier alpha value is -1.32. The highest BCUT2D eigenvalue weighted by Gasteiger charge is 2.11. The summed E-state index contributed by atoms with van der Waals surface area (Å²) < 4.78 is 34.4. The summed E-state index contributed by atoms with van der Waals surface area (Å²) in [4.78, 5) is 4.50. The minimum absolute atomic E-state index is 0. The molecule has 2 N–H and O–H groups in total. The number of rotatable bonds is 9. The highest BCUT2D eigenvalue weighted by atomic mass is 127. The Labute approximate surface area is 165 Å². The summed E-state index contributed by atoms with van der Waals surface area (Å²) in [5, 5.41) is 6.49. The number of hydrogen-bond acceptors (Lipinski definition) is 3. The minimum atomic E-state index is -2.88. The van der Waals surface area contributed by atoms with E-state index in [0.717, 1.165) is 24.5 Å². The molecule has 0 aliphatic carbocycles. The van der Waals surface area contributed by atoms with Gasteiger partial charge >= 0.3 is 6.61 Å². The fourth-order valence-electron chi connectivity index (χ4n) is 2.02. The van der Waals surface area contributed by atoms with Gasteiger partial charge in [-0.25, -0.2) is 0 Å². The topological polar surface area (TPSA) is 54.9 Å². The van der Waals surface area contributed by atoms with E-state index in [-0.39, 0.29) is 35.5 Å². The minimum Gasteiger partial charge on any atom is -0.493 e. The molecule has 0 saturated carbocycles. The first-order chi connectivity index (χ1) is 11.5. The van der Waals surface area contributed by atoms with Crippen LogP contribution >= 0.6 is 24.0 Å². The van der Waals surface area contributed by atoms with Crippen LogP contribution in [0.2, 0.25) is 0 Å². The van der Waals surface area contributed by atoms with Crippen LogP contribution in [0.3, 0.4) is 0 Å². The van der Waals surface area contributed by atoms with Gasteiger partial charge in [0.05, 0.1) is 7.11 Å². The largest absolute Gasteiger partial charge is 0.493 e. The molecule has 0 spiro atoms. The van der Waals surface area contributed by atoms with Crippen LogP contribution in [0.1, 0.15) is 32.8 Å². The quantitative estimate of drug-likeness (QED) is 0.327. The Morgan fingerprint density at radius 2 is 1.96 bits per heavy atom. The smallest absolute Gasteiger partial charge is 0.387 e. The highest BCUT2D eigenvalue weighted by Crippen LogP contribution is 2.29. The van der Waals surface area contributed by atoms with Crippen molar-refractivity contribution in [2.75, 3.05) is 20.2 Å². The zero-order valence-corrected chi connectivity index (χ0v) is 17.5. The molecule has 0 heterocycles. The highest BCUT2D eigenvalue weighted by molar-refractivity contribution is 14.0. The lowest BCUT2D eigenvalue weighted by Gasteiger charge is -2.16. The second kappa shape index (κ2) is 13.0. The van der Waals surface area contributed by atoms with Gasteiger partial charge in [0.1, 0.15) is 0 Å². The Kier molecular flexibility index (Phi) is 12.3. The molecule has 0 fully saturated rings. The van der Waals surface area contributed by atoms with Gasteiger partial charge in [-0.05, 0) is 44.4 Å². The normalized spacial score (nSPS) is 12.4. The lowest BCUT2D eigenvalue weighted by molar-refractivity contribution is -0.0512. The molecule has 0 saturated heterocycles. The summed E-state index contributed by atoms with van der Waals surface area (Å²) in [6, 6.07) is 5.34. The number of ether oxygens (including phenoxy) is 2. The fourth-order valence-corrected chi connectivity index (χ4v) is 2.02. The predicted octanol–water partition coefficient (Wildman–Crippen LogP) is 3.81. The first-order valence-electron chi connectivity index (χ1n) is 8.16. The Morgan fingerprint density at radius 3 is 2.52 bits per heavy atom. The number of methoxy groups -OCH3 is 1. The van der Waals surface area contributed by atoms with Gasteiger partial charge in [0, 0.05) is 19.1 Å². The summed E-state index contributed by atoms with van der Waals surface area (Å²) in [7, 11) is 1.42. The van der Waals surface area contributed by atoms with Crippen LogP contribution in [0.15, 0.2) is 23.2 Å². The van der Waals surface area contributed by atoms with Gasteiger partial charge in [-0.15, -0.1) is 24.0 Å².